The summed E-state index contributed by atoms with van der Waals surface area (Å²) in [6.45, 7) is 7.74. The Morgan fingerprint density at radius 2 is 2.00 bits per heavy atom. The number of nitrogens with zero attached hydrogens (tertiary/aromatic N) is 1. The highest BCUT2D eigenvalue weighted by Gasteiger charge is 2.20. The van der Waals surface area contributed by atoms with E-state index < -0.39 is 23.0 Å². The highest BCUT2D eigenvalue weighted by molar-refractivity contribution is 5.88. The van der Waals surface area contributed by atoms with Gasteiger partial charge in [-0.2, -0.15) is 0 Å². The van der Waals surface area contributed by atoms with E-state index in [-0.39, 0.29) is 5.57 Å². The molecular weight excluding hydrogens is 174 g/mol. The zero-order valence-electron chi connectivity index (χ0n) is 7.99. The largest absolute Gasteiger partial charge is 0.456 e. The summed E-state index contributed by atoms with van der Waals surface area (Å²) in [5.74, 6) is -0.718. The molecule has 13 heavy (non-hydrogen) atoms. The molecule has 0 fully saturated rings. The second-order valence-corrected chi connectivity index (χ2v) is 3.60. The van der Waals surface area contributed by atoms with E-state index in [0.717, 1.165) is 0 Å². The van der Waals surface area contributed by atoms with Crippen LogP contribution in [0, 0.1) is 10.1 Å². The number of carbonyl (C=O) groups is 1. The van der Waals surface area contributed by atoms with Gasteiger partial charge in [0.05, 0.1) is 0 Å². The maximum absolute atomic E-state index is 11.1. The molecule has 0 radical (unpaired) electrons. The Balaban J connectivity index is 4.13. The van der Waals surface area contributed by atoms with Gasteiger partial charge in [-0.3, -0.25) is 10.1 Å². The molecule has 0 aliphatic heterocycles. The Labute approximate surface area is 76.5 Å². The summed E-state index contributed by atoms with van der Waals surface area (Å²) in [6.07, 6.45) is 0. The van der Waals surface area contributed by atoms with E-state index in [0.29, 0.717) is 0 Å². The summed E-state index contributed by atoms with van der Waals surface area (Å²) in [5, 5.41) is 10.0. The van der Waals surface area contributed by atoms with Gasteiger partial charge in [-0.15, -0.1) is 0 Å². The molecule has 0 aromatic rings. The normalized spacial score (nSPS) is 10.7. The van der Waals surface area contributed by atoms with Gasteiger partial charge in [0.15, 0.2) is 0 Å². The van der Waals surface area contributed by atoms with Gasteiger partial charge in [-0.25, -0.2) is 4.79 Å². The van der Waals surface area contributed by atoms with Crippen molar-refractivity contribution in [1.82, 2.24) is 0 Å². The summed E-state index contributed by atoms with van der Waals surface area (Å²) >= 11 is 0. The van der Waals surface area contributed by atoms with Crippen LogP contribution in [-0.4, -0.2) is 23.0 Å². The van der Waals surface area contributed by atoms with E-state index >= 15 is 0 Å². The second-order valence-electron chi connectivity index (χ2n) is 3.60. The Bertz CT molecular complexity index is 239. The zero-order valence-corrected chi connectivity index (χ0v) is 7.99. The molecule has 0 spiro atoms. The van der Waals surface area contributed by atoms with Crippen molar-refractivity contribution in [2.75, 3.05) is 6.54 Å². The molecule has 0 N–H and O–H groups in total. The van der Waals surface area contributed by atoms with Crippen LogP contribution in [0.15, 0.2) is 12.2 Å². The molecule has 0 unspecified atom stereocenters. The van der Waals surface area contributed by atoms with Gasteiger partial charge in [0.25, 0.3) is 0 Å². The van der Waals surface area contributed by atoms with Crippen LogP contribution in [0.1, 0.15) is 20.8 Å². The van der Waals surface area contributed by atoms with E-state index in [9.17, 15) is 14.9 Å². The molecule has 0 atom stereocenters. The number of rotatable bonds is 3. The number of hydrogen-bond donors (Lipinski definition) is 0. The van der Waals surface area contributed by atoms with E-state index in [4.69, 9.17) is 4.74 Å². The van der Waals surface area contributed by atoms with Gasteiger partial charge < -0.3 is 4.74 Å². The average molecular weight is 187 g/mol. The third kappa shape index (κ3) is 5.84. The van der Waals surface area contributed by atoms with E-state index in [1.54, 1.807) is 20.8 Å². The van der Waals surface area contributed by atoms with Crippen molar-refractivity contribution in [2.24, 2.45) is 0 Å². The average Bonchev–Trinajstić information content (AvgIpc) is 1.81. The quantitative estimate of drug-likeness (QED) is 0.288. The summed E-state index contributed by atoms with van der Waals surface area (Å²) in [4.78, 5) is 20.5. The number of ether oxygens (including phenoxy) is 1. The van der Waals surface area contributed by atoms with Gasteiger partial charge in [0.1, 0.15) is 11.2 Å². The topological polar surface area (TPSA) is 69.4 Å². The molecule has 0 aliphatic carbocycles. The van der Waals surface area contributed by atoms with Crippen LogP contribution in [0.2, 0.25) is 0 Å². The lowest BCUT2D eigenvalue weighted by Crippen LogP contribution is -2.26. The smallest absolute Gasteiger partial charge is 0.340 e. The first-order valence-corrected chi connectivity index (χ1v) is 3.75. The van der Waals surface area contributed by atoms with Crippen LogP contribution in [0.25, 0.3) is 0 Å². The van der Waals surface area contributed by atoms with Crippen molar-refractivity contribution in [3.05, 3.63) is 22.3 Å². The van der Waals surface area contributed by atoms with E-state index in [1.807, 2.05) is 0 Å². The highest BCUT2D eigenvalue weighted by Crippen LogP contribution is 2.09. The fourth-order valence-electron chi connectivity index (χ4n) is 0.571. The van der Waals surface area contributed by atoms with Crippen LogP contribution in [0.4, 0.5) is 0 Å². The first-order valence-electron chi connectivity index (χ1n) is 3.75. The lowest BCUT2D eigenvalue weighted by Gasteiger charge is -2.19. The van der Waals surface area contributed by atoms with Crippen molar-refractivity contribution in [3.63, 3.8) is 0 Å². The van der Waals surface area contributed by atoms with Gasteiger partial charge in [-0.05, 0) is 20.8 Å². The van der Waals surface area contributed by atoms with Crippen molar-refractivity contribution in [2.45, 2.75) is 26.4 Å². The molecule has 0 bridgehead atoms. The molecule has 0 aliphatic rings. The van der Waals surface area contributed by atoms with Gasteiger partial charge >= 0.3 is 5.97 Å². The Morgan fingerprint density at radius 3 is 2.31 bits per heavy atom. The number of nitro groups is 1. The van der Waals surface area contributed by atoms with Crippen LogP contribution >= 0.6 is 0 Å². The monoisotopic (exact) mass is 187 g/mol. The van der Waals surface area contributed by atoms with Crippen molar-refractivity contribution >= 4 is 5.97 Å². The molecule has 5 nitrogen and oxygen atoms in total. The first kappa shape index (κ1) is 11.6. The van der Waals surface area contributed by atoms with E-state index in [1.165, 1.54) is 0 Å². The molecule has 74 valence electrons. The van der Waals surface area contributed by atoms with Crippen LogP contribution < -0.4 is 0 Å². The van der Waals surface area contributed by atoms with Gasteiger partial charge in [0, 0.05) is 4.92 Å². The molecule has 0 aromatic heterocycles. The van der Waals surface area contributed by atoms with Crippen molar-refractivity contribution in [3.8, 4) is 0 Å². The molecule has 0 saturated heterocycles. The second kappa shape index (κ2) is 4.02. The molecule has 0 saturated carbocycles. The number of carbonyl (C=O) groups excluding carboxylic acids is 1. The fraction of sp³-hybridized carbons (Fsp3) is 0.625. The lowest BCUT2D eigenvalue weighted by molar-refractivity contribution is -0.470. The van der Waals surface area contributed by atoms with Crippen LogP contribution in [0.5, 0.6) is 0 Å². The van der Waals surface area contributed by atoms with E-state index in [2.05, 4.69) is 6.58 Å². The number of hydrogen-bond acceptors (Lipinski definition) is 4. The minimum Gasteiger partial charge on any atom is -0.456 e. The lowest BCUT2D eigenvalue weighted by atomic mass is 10.2. The highest BCUT2D eigenvalue weighted by atomic mass is 16.6. The molecule has 0 aromatic carbocycles. The Morgan fingerprint density at radius 1 is 1.54 bits per heavy atom. The minimum absolute atomic E-state index is 0.139. The fourth-order valence-corrected chi connectivity index (χ4v) is 0.571. The van der Waals surface area contributed by atoms with Gasteiger partial charge in [0.2, 0.25) is 6.54 Å². The summed E-state index contributed by atoms with van der Waals surface area (Å²) in [5.41, 5.74) is -0.781. The molecule has 0 amide bonds. The van der Waals surface area contributed by atoms with Crippen LogP contribution in [0.3, 0.4) is 0 Å². The molecule has 0 heterocycles. The molecular formula is C8H13NO4. The third-order valence-electron chi connectivity index (χ3n) is 1.01. The molecule has 5 heteroatoms. The van der Waals surface area contributed by atoms with Crippen molar-refractivity contribution < 1.29 is 14.5 Å². The molecule has 0 rings (SSSR count). The maximum atomic E-state index is 11.1. The zero-order chi connectivity index (χ0) is 10.6. The summed E-state index contributed by atoms with van der Waals surface area (Å²) in [6, 6.07) is 0. The Kier molecular flexibility index (Phi) is 3.59. The SMILES string of the molecule is C=C(C[N+](=O)[O-])C(=O)OC(C)(C)C. The summed E-state index contributed by atoms with van der Waals surface area (Å²) < 4.78 is 4.86. The number of esters is 1. The Hall–Kier alpha value is -1.39. The standard InChI is InChI=1S/C8H13NO4/c1-6(5-9(11)12)7(10)13-8(2,3)4/h1,5H2,2-4H3. The predicted octanol–water partition coefficient (Wildman–Crippen LogP) is 1.16. The van der Waals surface area contributed by atoms with Crippen LogP contribution in [-0.2, 0) is 9.53 Å². The predicted molar refractivity (Wildman–Crippen MR) is 46.8 cm³/mol. The van der Waals surface area contributed by atoms with Gasteiger partial charge in [-0.1, -0.05) is 6.58 Å². The van der Waals surface area contributed by atoms with Crippen molar-refractivity contribution in [1.29, 1.82) is 0 Å². The first-order chi connectivity index (χ1) is 5.72. The summed E-state index contributed by atoms with van der Waals surface area (Å²) in [7, 11) is 0. The third-order valence-corrected chi connectivity index (χ3v) is 1.01. The maximum Gasteiger partial charge on any atom is 0.340 e. The minimum atomic E-state index is -0.718.